The van der Waals surface area contributed by atoms with Gasteiger partial charge >= 0.3 is 6.03 Å². The van der Waals surface area contributed by atoms with Crippen LogP contribution in [0.4, 0.5) is 10.5 Å². The largest absolute Gasteiger partial charge is 0.348 e. The summed E-state index contributed by atoms with van der Waals surface area (Å²) in [4.78, 5) is 30.5. The number of benzene rings is 2. The molecule has 28 heavy (non-hydrogen) atoms. The Balaban J connectivity index is 1.52. The van der Waals surface area contributed by atoms with Gasteiger partial charge in [0.2, 0.25) is 0 Å². The number of carbonyl (C=O) groups excluding carboxylic acids is 2. The third-order valence-electron chi connectivity index (χ3n) is 4.83. The number of amides is 3. The molecule has 1 aromatic heterocycles. The van der Waals surface area contributed by atoms with Gasteiger partial charge in [-0.3, -0.25) is 9.69 Å². The first-order chi connectivity index (χ1) is 13.6. The van der Waals surface area contributed by atoms with Gasteiger partial charge in [0, 0.05) is 43.3 Å². The number of anilines is 1. The van der Waals surface area contributed by atoms with E-state index in [1.54, 1.807) is 29.6 Å². The minimum absolute atomic E-state index is 0.130. The first kappa shape index (κ1) is 17.8. The first-order valence-electron chi connectivity index (χ1n) is 9.14. The van der Waals surface area contributed by atoms with Crippen molar-refractivity contribution in [3.8, 4) is 5.69 Å². The Bertz CT molecular complexity index is 1010. The summed E-state index contributed by atoms with van der Waals surface area (Å²) < 4.78 is 1.91. The SMILES string of the molecule is Cc1ccc(C(=O)NCc2ccccc2-n2ccnc2)cc1N1CCNC1=O. The Labute approximate surface area is 163 Å². The molecule has 4 rings (SSSR count). The molecule has 0 atom stereocenters. The summed E-state index contributed by atoms with van der Waals surface area (Å²) in [5.41, 5.74) is 4.21. The van der Waals surface area contributed by atoms with Gasteiger partial charge in [-0.25, -0.2) is 9.78 Å². The van der Waals surface area contributed by atoms with E-state index in [1.807, 2.05) is 48.0 Å². The molecule has 0 saturated carbocycles. The highest BCUT2D eigenvalue weighted by Gasteiger charge is 2.23. The van der Waals surface area contributed by atoms with E-state index in [-0.39, 0.29) is 11.9 Å². The van der Waals surface area contributed by atoms with Crippen LogP contribution in [0.5, 0.6) is 0 Å². The standard InChI is InChI=1S/C21H21N5O2/c1-15-6-7-16(12-19(15)26-11-9-23-21(26)28)20(27)24-13-17-4-2-3-5-18(17)25-10-8-22-14-25/h2-8,10,12,14H,9,11,13H2,1H3,(H,23,28)(H,24,27). The molecule has 0 spiro atoms. The van der Waals surface area contributed by atoms with Gasteiger partial charge in [0.05, 0.1) is 12.0 Å². The number of para-hydroxylation sites is 1. The molecule has 0 unspecified atom stereocenters. The van der Waals surface area contributed by atoms with E-state index in [9.17, 15) is 9.59 Å². The molecule has 2 N–H and O–H groups in total. The number of nitrogens with one attached hydrogen (secondary N) is 2. The summed E-state index contributed by atoms with van der Waals surface area (Å²) in [5, 5.41) is 5.76. The molecule has 1 saturated heterocycles. The normalized spacial score (nSPS) is 13.5. The van der Waals surface area contributed by atoms with Crippen LogP contribution in [0.15, 0.2) is 61.2 Å². The molecule has 2 aromatic carbocycles. The molecule has 3 amide bonds. The number of carbonyl (C=O) groups is 2. The van der Waals surface area contributed by atoms with E-state index in [4.69, 9.17) is 0 Å². The minimum atomic E-state index is -0.179. The van der Waals surface area contributed by atoms with Crippen LogP contribution in [0.25, 0.3) is 5.69 Å². The van der Waals surface area contributed by atoms with Gasteiger partial charge in [0.15, 0.2) is 0 Å². The Kier molecular flexibility index (Phi) is 4.80. The Morgan fingerprint density at radius 3 is 2.82 bits per heavy atom. The molecule has 7 nitrogen and oxygen atoms in total. The maximum atomic E-state index is 12.7. The predicted octanol–water partition coefficient (Wildman–Crippen LogP) is 2.64. The lowest BCUT2D eigenvalue weighted by molar-refractivity contribution is 0.0951. The number of rotatable bonds is 5. The molecule has 0 aliphatic carbocycles. The molecule has 3 aromatic rings. The van der Waals surface area contributed by atoms with Gasteiger partial charge in [-0.05, 0) is 36.2 Å². The van der Waals surface area contributed by atoms with Crippen molar-refractivity contribution in [2.24, 2.45) is 0 Å². The number of hydrogen-bond donors (Lipinski definition) is 2. The zero-order valence-electron chi connectivity index (χ0n) is 15.6. The molecule has 1 aliphatic rings. The van der Waals surface area contributed by atoms with Crippen LogP contribution in [0, 0.1) is 6.92 Å². The third kappa shape index (κ3) is 3.46. The fourth-order valence-corrected chi connectivity index (χ4v) is 3.33. The Morgan fingerprint density at radius 2 is 2.07 bits per heavy atom. The maximum Gasteiger partial charge on any atom is 0.322 e. The monoisotopic (exact) mass is 375 g/mol. The van der Waals surface area contributed by atoms with E-state index in [0.717, 1.165) is 22.5 Å². The van der Waals surface area contributed by atoms with Crippen molar-refractivity contribution in [2.75, 3.05) is 18.0 Å². The van der Waals surface area contributed by atoms with Gasteiger partial charge in [0.25, 0.3) is 5.91 Å². The fraction of sp³-hybridized carbons (Fsp3) is 0.190. The minimum Gasteiger partial charge on any atom is -0.348 e. The van der Waals surface area contributed by atoms with Crippen molar-refractivity contribution in [1.82, 2.24) is 20.2 Å². The maximum absolute atomic E-state index is 12.7. The van der Waals surface area contributed by atoms with Gasteiger partial charge in [-0.2, -0.15) is 0 Å². The lowest BCUT2D eigenvalue weighted by Gasteiger charge is -2.18. The van der Waals surface area contributed by atoms with Crippen LogP contribution in [0.2, 0.25) is 0 Å². The van der Waals surface area contributed by atoms with E-state index >= 15 is 0 Å². The molecule has 1 fully saturated rings. The second-order valence-corrected chi connectivity index (χ2v) is 6.67. The van der Waals surface area contributed by atoms with Crippen molar-refractivity contribution < 1.29 is 9.59 Å². The average Bonchev–Trinajstić information content (AvgIpc) is 3.39. The van der Waals surface area contributed by atoms with Crippen LogP contribution in [-0.4, -0.2) is 34.6 Å². The Hall–Kier alpha value is -3.61. The lowest BCUT2D eigenvalue weighted by Crippen LogP contribution is -2.29. The van der Waals surface area contributed by atoms with Crippen molar-refractivity contribution in [3.63, 3.8) is 0 Å². The summed E-state index contributed by atoms with van der Waals surface area (Å²) in [6, 6.07) is 13.2. The summed E-state index contributed by atoms with van der Waals surface area (Å²) in [6.45, 7) is 3.54. The summed E-state index contributed by atoms with van der Waals surface area (Å²) in [6.07, 6.45) is 5.32. The van der Waals surface area contributed by atoms with Crippen LogP contribution in [-0.2, 0) is 6.54 Å². The molecule has 7 heteroatoms. The summed E-state index contributed by atoms with van der Waals surface area (Å²) >= 11 is 0. The summed E-state index contributed by atoms with van der Waals surface area (Å²) in [5.74, 6) is -0.179. The van der Waals surface area contributed by atoms with Crippen molar-refractivity contribution in [2.45, 2.75) is 13.5 Å². The summed E-state index contributed by atoms with van der Waals surface area (Å²) in [7, 11) is 0. The molecule has 0 radical (unpaired) electrons. The molecular weight excluding hydrogens is 354 g/mol. The van der Waals surface area contributed by atoms with E-state index < -0.39 is 0 Å². The quantitative estimate of drug-likeness (QED) is 0.720. The average molecular weight is 375 g/mol. The van der Waals surface area contributed by atoms with E-state index in [1.165, 1.54) is 0 Å². The van der Waals surface area contributed by atoms with Crippen molar-refractivity contribution in [1.29, 1.82) is 0 Å². The molecule has 2 heterocycles. The first-order valence-corrected chi connectivity index (χ1v) is 9.14. The Morgan fingerprint density at radius 1 is 1.21 bits per heavy atom. The second kappa shape index (κ2) is 7.56. The molecule has 142 valence electrons. The van der Waals surface area contributed by atoms with Gasteiger partial charge in [-0.1, -0.05) is 24.3 Å². The van der Waals surface area contributed by atoms with Crippen LogP contribution < -0.4 is 15.5 Å². The van der Waals surface area contributed by atoms with Gasteiger partial charge in [-0.15, -0.1) is 0 Å². The smallest absolute Gasteiger partial charge is 0.322 e. The highest BCUT2D eigenvalue weighted by Crippen LogP contribution is 2.23. The number of aromatic nitrogens is 2. The number of nitrogens with zero attached hydrogens (tertiary/aromatic N) is 3. The van der Waals surface area contributed by atoms with Crippen molar-refractivity contribution >= 4 is 17.6 Å². The van der Waals surface area contributed by atoms with Crippen LogP contribution in [0.1, 0.15) is 21.5 Å². The van der Waals surface area contributed by atoms with Gasteiger partial charge in [0.1, 0.15) is 0 Å². The zero-order chi connectivity index (χ0) is 19.5. The number of aryl methyl sites for hydroxylation is 1. The number of hydrogen-bond acceptors (Lipinski definition) is 3. The molecule has 0 bridgehead atoms. The van der Waals surface area contributed by atoms with E-state index in [0.29, 0.717) is 25.2 Å². The predicted molar refractivity (Wildman–Crippen MR) is 107 cm³/mol. The van der Waals surface area contributed by atoms with Gasteiger partial charge < -0.3 is 15.2 Å². The fourth-order valence-electron chi connectivity index (χ4n) is 3.33. The van der Waals surface area contributed by atoms with Crippen LogP contribution >= 0.6 is 0 Å². The zero-order valence-corrected chi connectivity index (χ0v) is 15.6. The highest BCUT2D eigenvalue weighted by atomic mass is 16.2. The lowest BCUT2D eigenvalue weighted by atomic mass is 10.1. The molecular formula is C21H21N5O2. The molecule has 1 aliphatic heterocycles. The topological polar surface area (TPSA) is 79.3 Å². The number of imidazole rings is 1. The third-order valence-corrected chi connectivity index (χ3v) is 4.83. The number of urea groups is 1. The second-order valence-electron chi connectivity index (χ2n) is 6.67. The highest BCUT2D eigenvalue weighted by molar-refractivity contribution is 5.99. The van der Waals surface area contributed by atoms with Crippen LogP contribution in [0.3, 0.4) is 0 Å². The van der Waals surface area contributed by atoms with E-state index in [2.05, 4.69) is 15.6 Å². The van der Waals surface area contributed by atoms with Crippen molar-refractivity contribution in [3.05, 3.63) is 77.9 Å².